The molecule has 0 saturated heterocycles. The maximum Gasteiger partial charge on any atom is 0.295 e. The Kier molecular flexibility index (Phi) is 3.20. The zero-order valence-corrected chi connectivity index (χ0v) is 8.92. The number of hydrogen-bond acceptors (Lipinski definition) is 6. The Morgan fingerprint density at radius 2 is 2.35 bits per heavy atom. The summed E-state index contributed by atoms with van der Waals surface area (Å²) in [5.41, 5.74) is 0.903. The molecule has 2 rings (SSSR count). The van der Waals surface area contributed by atoms with Gasteiger partial charge in [-0.05, 0) is 12.5 Å². The fourth-order valence-corrected chi connectivity index (χ4v) is 1.38. The minimum Gasteiger partial charge on any atom is -0.424 e. The fourth-order valence-electron chi connectivity index (χ4n) is 1.38. The van der Waals surface area contributed by atoms with Crippen LogP contribution in [-0.4, -0.2) is 28.2 Å². The van der Waals surface area contributed by atoms with E-state index in [1.165, 1.54) is 18.2 Å². The number of non-ortho nitro benzene ring substituents is 1. The highest BCUT2D eigenvalue weighted by molar-refractivity contribution is 5.77. The van der Waals surface area contributed by atoms with Gasteiger partial charge in [-0.2, -0.15) is 4.98 Å². The number of benzene rings is 1. The van der Waals surface area contributed by atoms with E-state index in [9.17, 15) is 10.1 Å². The lowest BCUT2D eigenvalue weighted by atomic mass is 10.3. The molecule has 0 atom stereocenters. The van der Waals surface area contributed by atoms with Crippen molar-refractivity contribution in [2.24, 2.45) is 0 Å². The lowest BCUT2D eigenvalue weighted by Crippen LogP contribution is -2.03. The molecule has 1 heterocycles. The lowest BCUT2D eigenvalue weighted by Gasteiger charge is -1.96. The largest absolute Gasteiger partial charge is 0.424 e. The number of aliphatic hydroxyl groups excluding tert-OH is 1. The molecule has 0 radical (unpaired) electrons. The molecule has 0 aliphatic rings. The molecule has 90 valence electrons. The van der Waals surface area contributed by atoms with E-state index in [0.29, 0.717) is 30.1 Å². The Morgan fingerprint density at radius 3 is 3.06 bits per heavy atom. The number of hydrogen-bond donors (Lipinski definition) is 2. The van der Waals surface area contributed by atoms with Crippen molar-refractivity contribution in [1.82, 2.24) is 4.98 Å². The van der Waals surface area contributed by atoms with Gasteiger partial charge in [-0.25, -0.2) is 0 Å². The molecule has 7 nitrogen and oxygen atoms in total. The lowest BCUT2D eigenvalue weighted by molar-refractivity contribution is -0.384. The maximum atomic E-state index is 10.6. The van der Waals surface area contributed by atoms with E-state index in [1.807, 2.05) is 0 Å². The van der Waals surface area contributed by atoms with Crippen LogP contribution in [0.1, 0.15) is 6.42 Å². The van der Waals surface area contributed by atoms with E-state index in [4.69, 9.17) is 9.52 Å². The third-order valence-corrected chi connectivity index (χ3v) is 2.19. The summed E-state index contributed by atoms with van der Waals surface area (Å²) in [6.07, 6.45) is 0.582. The zero-order chi connectivity index (χ0) is 12.3. The highest BCUT2D eigenvalue weighted by Crippen LogP contribution is 2.23. The SMILES string of the molecule is O=[N+]([O-])c1ccc2oc(NCCCO)nc2c1. The van der Waals surface area contributed by atoms with Crippen molar-refractivity contribution in [2.75, 3.05) is 18.5 Å². The van der Waals surface area contributed by atoms with Crippen LogP contribution in [0.4, 0.5) is 11.7 Å². The molecule has 2 N–H and O–H groups in total. The van der Waals surface area contributed by atoms with E-state index < -0.39 is 4.92 Å². The second-order valence-electron chi connectivity index (χ2n) is 3.43. The highest BCUT2D eigenvalue weighted by Gasteiger charge is 2.10. The summed E-state index contributed by atoms with van der Waals surface area (Å²) in [5.74, 6) is 0. The number of fused-ring (bicyclic) bond motifs is 1. The monoisotopic (exact) mass is 237 g/mol. The van der Waals surface area contributed by atoms with Crippen molar-refractivity contribution < 1.29 is 14.4 Å². The van der Waals surface area contributed by atoms with Crippen molar-refractivity contribution >= 4 is 22.8 Å². The Hall–Kier alpha value is -2.15. The number of nitro groups is 1. The first-order valence-electron chi connectivity index (χ1n) is 5.10. The predicted octanol–water partition coefficient (Wildman–Crippen LogP) is 1.53. The van der Waals surface area contributed by atoms with E-state index in [-0.39, 0.29) is 12.3 Å². The molecule has 0 amide bonds. The van der Waals surface area contributed by atoms with Crippen LogP contribution >= 0.6 is 0 Å². The average Bonchev–Trinajstić information content (AvgIpc) is 2.70. The smallest absolute Gasteiger partial charge is 0.295 e. The molecule has 17 heavy (non-hydrogen) atoms. The first kappa shape index (κ1) is 11.3. The molecule has 7 heteroatoms. The summed E-state index contributed by atoms with van der Waals surface area (Å²) in [4.78, 5) is 14.2. The van der Waals surface area contributed by atoms with E-state index in [1.54, 1.807) is 0 Å². The van der Waals surface area contributed by atoms with Crippen LogP contribution in [0.3, 0.4) is 0 Å². The van der Waals surface area contributed by atoms with Crippen LogP contribution < -0.4 is 5.32 Å². The number of nitrogens with zero attached hydrogens (tertiary/aromatic N) is 2. The molecule has 1 aromatic heterocycles. The van der Waals surface area contributed by atoms with Gasteiger partial charge in [-0.1, -0.05) is 0 Å². The van der Waals surface area contributed by atoms with Crippen LogP contribution in [0, 0.1) is 10.1 Å². The van der Waals surface area contributed by atoms with Gasteiger partial charge in [-0.3, -0.25) is 10.1 Å². The number of nitro benzene ring substituents is 1. The van der Waals surface area contributed by atoms with Gasteiger partial charge >= 0.3 is 0 Å². The number of aliphatic hydroxyl groups is 1. The zero-order valence-electron chi connectivity index (χ0n) is 8.92. The van der Waals surface area contributed by atoms with E-state index in [2.05, 4.69) is 10.3 Å². The quantitative estimate of drug-likeness (QED) is 0.464. The van der Waals surface area contributed by atoms with Crippen molar-refractivity contribution in [3.05, 3.63) is 28.3 Å². The van der Waals surface area contributed by atoms with Gasteiger partial charge in [0.2, 0.25) is 0 Å². The molecule has 0 aliphatic heterocycles. The molecular formula is C10H11N3O4. The van der Waals surface area contributed by atoms with Gasteiger partial charge in [0.25, 0.3) is 11.7 Å². The van der Waals surface area contributed by atoms with Crippen LogP contribution in [0.2, 0.25) is 0 Å². The van der Waals surface area contributed by atoms with Crippen molar-refractivity contribution in [2.45, 2.75) is 6.42 Å². The van der Waals surface area contributed by atoms with Gasteiger partial charge in [0.1, 0.15) is 5.52 Å². The van der Waals surface area contributed by atoms with Crippen molar-refractivity contribution in [3.63, 3.8) is 0 Å². The first-order valence-corrected chi connectivity index (χ1v) is 5.10. The number of anilines is 1. The summed E-state index contributed by atoms with van der Waals surface area (Å²) in [6, 6.07) is 4.53. The molecule has 1 aromatic carbocycles. The molecule has 0 unspecified atom stereocenters. The first-order chi connectivity index (χ1) is 8.20. The predicted molar refractivity (Wildman–Crippen MR) is 60.9 cm³/mol. The second kappa shape index (κ2) is 4.79. The van der Waals surface area contributed by atoms with Crippen LogP contribution in [0.25, 0.3) is 11.1 Å². The molecule has 0 saturated carbocycles. The maximum absolute atomic E-state index is 10.6. The van der Waals surface area contributed by atoms with Crippen LogP contribution in [-0.2, 0) is 0 Å². The average molecular weight is 237 g/mol. The Labute approximate surface area is 96.2 Å². The van der Waals surface area contributed by atoms with Gasteiger partial charge in [-0.15, -0.1) is 0 Å². The molecule has 0 bridgehead atoms. The standard InChI is InChI=1S/C10H11N3O4/c14-5-1-4-11-10-12-8-6-7(13(15)16)2-3-9(8)17-10/h2-3,6,14H,1,4-5H2,(H,11,12). The summed E-state index contributed by atoms with van der Waals surface area (Å²) in [7, 11) is 0. The Bertz CT molecular complexity index is 537. The van der Waals surface area contributed by atoms with Gasteiger partial charge in [0, 0.05) is 25.3 Å². The molecular weight excluding hydrogens is 226 g/mol. The van der Waals surface area contributed by atoms with Crippen molar-refractivity contribution in [1.29, 1.82) is 0 Å². The molecule has 0 aliphatic carbocycles. The number of oxazole rings is 1. The van der Waals surface area contributed by atoms with Gasteiger partial charge in [0.15, 0.2) is 5.58 Å². The Balaban J connectivity index is 2.21. The number of rotatable bonds is 5. The van der Waals surface area contributed by atoms with Crippen LogP contribution in [0.5, 0.6) is 0 Å². The molecule has 2 aromatic rings. The van der Waals surface area contributed by atoms with Crippen LogP contribution in [0.15, 0.2) is 22.6 Å². The summed E-state index contributed by atoms with van der Waals surface area (Å²) in [5, 5.41) is 22.1. The second-order valence-corrected chi connectivity index (χ2v) is 3.43. The molecule has 0 spiro atoms. The van der Waals surface area contributed by atoms with Crippen molar-refractivity contribution in [3.8, 4) is 0 Å². The van der Waals surface area contributed by atoms with E-state index in [0.717, 1.165) is 0 Å². The summed E-state index contributed by atoms with van der Waals surface area (Å²) < 4.78 is 5.32. The normalized spacial score (nSPS) is 10.6. The van der Waals surface area contributed by atoms with E-state index >= 15 is 0 Å². The summed E-state index contributed by atoms with van der Waals surface area (Å²) >= 11 is 0. The number of nitrogens with one attached hydrogen (secondary N) is 1. The number of aromatic nitrogens is 1. The fraction of sp³-hybridized carbons (Fsp3) is 0.300. The minimum atomic E-state index is -0.479. The summed E-state index contributed by atoms with van der Waals surface area (Å²) in [6.45, 7) is 0.615. The topological polar surface area (TPSA) is 101 Å². The minimum absolute atomic E-state index is 0.0206. The Morgan fingerprint density at radius 1 is 1.53 bits per heavy atom. The van der Waals surface area contributed by atoms with Gasteiger partial charge in [0.05, 0.1) is 4.92 Å². The molecule has 0 fully saturated rings. The van der Waals surface area contributed by atoms with Gasteiger partial charge < -0.3 is 14.8 Å². The third-order valence-electron chi connectivity index (χ3n) is 2.19. The third kappa shape index (κ3) is 2.51. The highest BCUT2D eigenvalue weighted by atomic mass is 16.6.